The van der Waals surface area contributed by atoms with Gasteiger partial charge >= 0.3 is 0 Å². The molecule has 0 aliphatic rings. The summed E-state index contributed by atoms with van der Waals surface area (Å²) < 4.78 is 0. The minimum atomic E-state index is 0.384. The van der Waals surface area contributed by atoms with E-state index < -0.39 is 0 Å². The van der Waals surface area contributed by atoms with E-state index >= 15 is 0 Å². The van der Waals surface area contributed by atoms with Crippen molar-refractivity contribution in [3.05, 3.63) is 59.9 Å². The van der Waals surface area contributed by atoms with E-state index in [1.165, 1.54) is 11.3 Å². The summed E-state index contributed by atoms with van der Waals surface area (Å²) in [6.45, 7) is 3.06. The van der Waals surface area contributed by atoms with Crippen molar-refractivity contribution in [1.29, 1.82) is 0 Å². The van der Waals surface area contributed by atoms with Crippen LogP contribution in [0, 0.1) is 0 Å². The van der Waals surface area contributed by atoms with Gasteiger partial charge in [0.15, 0.2) is 0 Å². The lowest BCUT2D eigenvalue weighted by atomic mass is 10.1. The number of rotatable bonds is 4. The molecule has 2 heteroatoms. The Hall–Kier alpha value is -1.54. The van der Waals surface area contributed by atoms with Crippen LogP contribution in [-0.2, 0) is 6.54 Å². The number of hydrogen-bond acceptors (Lipinski definition) is 1. The van der Waals surface area contributed by atoms with Crippen LogP contribution in [0.15, 0.2) is 48.7 Å². The average molecular weight is 200 g/mol. The van der Waals surface area contributed by atoms with E-state index in [0.717, 1.165) is 6.54 Å². The Morgan fingerprint density at radius 3 is 2.60 bits per heavy atom. The predicted octanol–water partition coefficient (Wildman–Crippen LogP) is 2.87. The summed E-state index contributed by atoms with van der Waals surface area (Å²) in [5, 5.41) is 3.47. The lowest BCUT2D eigenvalue weighted by molar-refractivity contribution is 0.569. The van der Waals surface area contributed by atoms with Crippen LogP contribution in [0.3, 0.4) is 0 Å². The van der Waals surface area contributed by atoms with Gasteiger partial charge in [0.05, 0.1) is 0 Å². The fraction of sp³-hybridized carbons (Fsp3) is 0.231. The SMILES string of the molecule is C[C@H](NCc1ccc[nH]1)c1ccccc1. The minimum Gasteiger partial charge on any atom is -0.364 e. The second kappa shape index (κ2) is 4.80. The molecule has 0 radical (unpaired) electrons. The first kappa shape index (κ1) is 9.99. The molecule has 0 saturated heterocycles. The van der Waals surface area contributed by atoms with Crippen molar-refractivity contribution in [2.75, 3.05) is 0 Å². The van der Waals surface area contributed by atoms with Crippen molar-refractivity contribution >= 4 is 0 Å². The summed E-state index contributed by atoms with van der Waals surface area (Å²) in [6.07, 6.45) is 1.95. The fourth-order valence-electron chi connectivity index (χ4n) is 1.60. The Kier molecular flexibility index (Phi) is 3.20. The van der Waals surface area contributed by atoms with Gasteiger partial charge in [-0.3, -0.25) is 0 Å². The van der Waals surface area contributed by atoms with Crippen molar-refractivity contribution in [2.45, 2.75) is 19.5 Å². The first-order valence-corrected chi connectivity index (χ1v) is 5.27. The molecule has 0 saturated carbocycles. The van der Waals surface area contributed by atoms with E-state index in [1.54, 1.807) is 0 Å². The minimum absolute atomic E-state index is 0.384. The molecule has 0 unspecified atom stereocenters. The molecule has 0 fully saturated rings. The summed E-state index contributed by atoms with van der Waals surface area (Å²) in [4.78, 5) is 3.18. The van der Waals surface area contributed by atoms with Crippen LogP contribution in [0.4, 0.5) is 0 Å². The monoisotopic (exact) mass is 200 g/mol. The van der Waals surface area contributed by atoms with Crippen LogP contribution >= 0.6 is 0 Å². The summed E-state index contributed by atoms with van der Waals surface area (Å²) in [5.74, 6) is 0. The molecule has 0 spiro atoms. The summed E-state index contributed by atoms with van der Waals surface area (Å²) >= 11 is 0. The highest BCUT2D eigenvalue weighted by molar-refractivity contribution is 5.18. The third-order valence-corrected chi connectivity index (χ3v) is 2.56. The van der Waals surface area contributed by atoms with Crippen LogP contribution in [0.5, 0.6) is 0 Å². The Balaban J connectivity index is 1.90. The molecule has 2 aromatic rings. The van der Waals surface area contributed by atoms with Crippen LogP contribution in [-0.4, -0.2) is 4.98 Å². The van der Waals surface area contributed by atoms with Gasteiger partial charge in [-0.25, -0.2) is 0 Å². The first-order chi connectivity index (χ1) is 7.36. The number of nitrogens with one attached hydrogen (secondary N) is 2. The zero-order chi connectivity index (χ0) is 10.5. The topological polar surface area (TPSA) is 27.8 Å². The van der Waals surface area contributed by atoms with Crippen molar-refractivity contribution < 1.29 is 0 Å². The van der Waals surface area contributed by atoms with Crippen molar-refractivity contribution in [3.8, 4) is 0 Å². The molecule has 0 bridgehead atoms. The molecule has 0 aliphatic carbocycles. The number of H-pyrrole nitrogens is 1. The van der Waals surface area contributed by atoms with Gasteiger partial charge in [0.2, 0.25) is 0 Å². The van der Waals surface area contributed by atoms with Gasteiger partial charge in [0.25, 0.3) is 0 Å². The smallest absolute Gasteiger partial charge is 0.0362 e. The molecular formula is C13H16N2. The molecule has 2 N–H and O–H groups in total. The van der Waals surface area contributed by atoms with Gasteiger partial charge in [-0.2, -0.15) is 0 Å². The third-order valence-electron chi connectivity index (χ3n) is 2.56. The number of hydrogen-bond donors (Lipinski definition) is 2. The highest BCUT2D eigenvalue weighted by atomic mass is 14.9. The van der Waals surface area contributed by atoms with Gasteiger partial charge in [0, 0.05) is 24.5 Å². The van der Waals surface area contributed by atoms with Crippen LogP contribution in [0.25, 0.3) is 0 Å². The normalized spacial score (nSPS) is 12.6. The first-order valence-electron chi connectivity index (χ1n) is 5.27. The van der Waals surface area contributed by atoms with E-state index in [2.05, 4.69) is 47.6 Å². The van der Waals surface area contributed by atoms with E-state index in [-0.39, 0.29) is 0 Å². The van der Waals surface area contributed by atoms with Gasteiger partial charge in [-0.05, 0) is 24.6 Å². The summed E-state index contributed by atoms with van der Waals surface area (Å²) in [7, 11) is 0. The van der Waals surface area contributed by atoms with E-state index in [4.69, 9.17) is 0 Å². The summed E-state index contributed by atoms with van der Waals surface area (Å²) in [5.41, 5.74) is 2.54. The molecule has 2 nitrogen and oxygen atoms in total. The van der Waals surface area contributed by atoms with Gasteiger partial charge in [0.1, 0.15) is 0 Å². The molecule has 2 rings (SSSR count). The lowest BCUT2D eigenvalue weighted by Gasteiger charge is -2.13. The largest absolute Gasteiger partial charge is 0.364 e. The Morgan fingerprint density at radius 2 is 1.93 bits per heavy atom. The standard InChI is InChI=1S/C13H16N2/c1-11(12-6-3-2-4-7-12)15-10-13-8-5-9-14-13/h2-9,11,14-15H,10H2,1H3/t11-/m0/s1. The quantitative estimate of drug-likeness (QED) is 0.780. The molecule has 1 aromatic carbocycles. The number of aromatic amines is 1. The third kappa shape index (κ3) is 2.70. The highest BCUT2D eigenvalue weighted by Gasteiger charge is 2.03. The van der Waals surface area contributed by atoms with Gasteiger partial charge in [-0.15, -0.1) is 0 Å². The second-order valence-corrected chi connectivity index (χ2v) is 3.71. The van der Waals surface area contributed by atoms with Crippen molar-refractivity contribution in [1.82, 2.24) is 10.3 Å². The molecular weight excluding hydrogens is 184 g/mol. The highest BCUT2D eigenvalue weighted by Crippen LogP contribution is 2.11. The lowest BCUT2D eigenvalue weighted by Crippen LogP contribution is -2.18. The Bertz CT molecular complexity index is 378. The van der Waals surface area contributed by atoms with E-state index in [9.17, 15) is 0 Å². The second-order valence-electron chi connectivity index (χ2n) is 3.71. The van der Waals surface area contributed by atoms with E-state index in [0.29, 0.717) is 6.04 Å². The van der Waals surface area contributed by atoms with Crippen LogP contribution in [0.1, 0.15) is 24.2 Å². The maximum Gasteiger partial charge on any atom is 0.0362 e. The molecule has 15 heavy (non-hydrogen) atoms. The molecule has 1 atom stereocenters. The molecule has 1 aromatic heterocycles. The van der Waals surface area contributed by atoms with Gasteiger partial charge < -0.3 is 10.3 Å². The molecule has 78 valence electrons. The average Bonchev–Trinajstić information content (AvgIpc) is 2.80. The van der Waals surface area contributed by atoms with Crippen molar-refractivity contribution in [2.24, 2.45) is 0 Å². The van der Waals surface area contributed by atoms with E-state index in [1.807, 2.05) is 18.3 Å². The zero-order valence-corrected chi connectivity index (χ0v) is 8.90. The molecule has 0 amide bonds. The maximum absolute atomic E-state index is 3.47. The maximum atomic E-state index is 3.47. The van der Waals surface area contributed by atoms with Gasteiger partial charge in [-0.1, -0.05) is 30.3 Å². The van der Waals surface area contributed by atoms with Crippen molar-refractivity contribution in [3.63, 3.8) is 0 Å². The Morgan fingerprint density at radius 1 is 1.13 bits per heavy atom. The molecule has 0 aliphatic heterocycles. The number of aromatic nitrogens is 1. The van der Waals surface area contributed by atoms with Crippen LogP contribution < -0.4 is 5.32 Å². The van der Waals surface area contributed by atoms with Crippen LogP contribution in [0.2, 0.25) is 0 Å². The number of benzene rings is 1. The predicted molar refractivity (Wildman–Crippen MR) is 62.5 cm³/mol. The summed E-state index contributed by atoms with van der Waals surface area (Å²) in [6, 6.07) is 15.0. The molecule has 1 heterocycles. The fourth-order valence-corrected chi connectivity index (χ4v) is 1.60. The Labute approximate surface area is 90.3 Å². The zero-order valence-electron chi connectivity index (χ0n) is 8.90.